The van der Waals surface area contributed by atoms with Crippen molar-refractivity contribution < 1.29 is 0 Å². The molecule has 0 radical (unpaired) electrons. The van der Waals surface area contributed by atoms with Crippen LogP contribution in [0.4, 0.5) is 0 Å². The van der Waals surface area contributed by atoms with Gasteiger partial charge in [-0.05, 0) is 55.2 Å². The molecule has 0 aliphatic heterocycles. The molecule has 20 heavy (non-hydrogen) atoms. The first-order valence-corrected chi connectivity index (χ1v) is 8.88. The minimum atomic E-state index is 0.256. The van der Waals surface area contributed by atoms with Gasteiger partial charge in [0.1, 0.15) is 0 Å². The summed E-state index contributed by atoms with van der Waals surface area (Å²) in [5.41, 5.74) is 1.67. The SMILES string of the molecule is CCNC(C)CCCCSc1ccc(C(C)(C)C)cc1. The summed E-state index contributed by atoms with van der Waals surface area (Å²) in [7, 11) is 0. The maximum absolute atomic E-state index is 3.47. The highest BCUT2D eigenvalue weighted by Gasteiger charge is 2.12. The summed E-state index contributed by atoms with van der Waals surface area (Å²) in [4.78, 5) is 1.40. The van der Waals surface area contributed by atoms with E-state index in [4.69, 9.17) is 0 Å². The van der Waals surface area contributed by atoms with Gasteiger partial charge in [0.25, 0.3) is 0 Å². The van der Waals surface area contributed by atoms with Crippen LogP contribution < -0.4 is 5.32 Å². The molecule has 1 aromatic rings. The number of benzene rings is 1. The number of hydrogen-bond donors (Lipinski definition) is 1. The van der Waals surface area contributed by atoms with E-state index in [9.17, 15) is 0 Å². The van der Waals surface area contributed by atoms with E-state index in [0.717, 1.165) is 6.54 Å². The maximum atomic E-state index is 3.47. The van der Waals surface area contributed by atoms with Gasteiger partial charge in [-0.1, -0.05) is 46.2 Å². The second kappa shape index (κ2) is 8.74. The Morgan fingerprint density at radius 3 is 2.30 bits per heavy atom. The van der Waals surface area contributed by atoms with Crippen LogP contribution in [-0.4, -0.2) is 18.3 Å². The van der Waals surface area contributed by atoms with Gasteiger partial charge in [-0.15, -0.1) is 11.8 Å². The minimum Gasteiger partial charge on any atom is -0.315 e. The van der Waals surface area contributed by atoms with E-state index in [1.54, 1.807) is 0 Å². The van der Waals surface area contributed by atoms with Gasteiger partial charge >= 0.3 is 0 Å². The molecule has 1 unspecified atom stereocenters. The second-order valence-electron chi connectivity index (χ2n) is 6.58. The smallest absolute Gasteiger partial charge is 0.00721 e. The molecular weight excluding hydrogens is 262 g/mol. The second-order valence-corrected chi connectivity index (χ2v) is 7.75. The van der Waals surface area contributed by atoms with E-state index < -0.39 is 0 Å². The van der Waals surface area contributed by atoms with Crippen LogP contribution in [0.3, 0.4) is 0 Å². The molecule has 1 aromatic carbocycles. The fraction of sp³-hybridized carbons (Fsp3) is 0.667. The Morgan fingerprint density at radius 2 is 1.75 bits per heavy atom. The lowest BCUT2D eigenvalue weighted by molar-refractivity contribution is 0.510. The van der Waals surface area contributed by atoms with E-state index in [0.29, 0.717) is 6.04 Å². The molecule has 0 aromatic heterocycles. The van der Waals surface area contributed by atoms with Gasteiger partial charge in [-0.25, -0.2) is 0 Å². The Bertz CT molecular complexity index is 364. The van der Waals surface area contributed by atoms with Crippen LogP contribution in [0, 0.1) is 0 Å². The summed E-state index contributed by atoms with van der Waals surface area (Å²) in [6.45, 7) is 12.3. The third kappa shape index (κ3) is 6.81. The van der Waals surface area contributed by atoms with Gasteiger partial charge in [0.15, 0.2) is 0 Å². The quantitative estimate of drug-likeness (QED) is 0.519. The van der Waals surface area contributed by atoms with Gasteiger partial charge in [0, 0.05) is 10.9 Å². The molecule has 0 amide bonds. The monoisotopic (exact) mass is 293 g/mol. The molecule has 0 saturated heterocycles. The molecule has 0 saturated carbocycles. The van der Waals surface area contributed by atoms with Gasteiger partial charge in [0.2, 0.25) is 0 Å². The summed E-state index contributed by atoms with van der Waals surface area (Å²) in [6, 6.07) is 9.75. The number of nitrogens with one attached hydrogen (secondary N) is 1. The maximum Gasteiger partial charge on any atom is 0.00721 e. The van der Waals surface area contributed by atoms with Crippen LogP contribution in [0.5, 0.6) is 0 Å². The van der Waals surface area contributed by atoms with Gasteiger partial charge < -0.3 is 5.32 Å². The Kier molecular flexibility index (Phi) is 7.68. The molecular formula is C18H31NS. The van der Waals surface area contributed by atoms with Crippen molar-refractivity contribution in [2.45, 2.75) is 70.2 Å². The summed E-state index contributed by atoms with van der Waals surface area (Å²) in [5.74, 6) is 1.23. The van der Waals surface area contributed by atoms with Gasteiger partial charge in [-0.3, -0.25) is 0 Å². The molecule has 0 heterocycles. The Balaban J connectivity index is 2.23. The van der Waals surface area contributed by atoms with Gasteiger partial charge in [0.05, 0.1) is 0 Å². The first kappa shape index (κ1) is 17.6. The van der Waals surface area contributed by atoms with Crippen molar-refractivity contribution in [2.24, 2.45) is 0 Å². The Labute approximate surface area is 129 Å². The van der Waals surface area contributed by atoms with Crippen LogP contribution in [0.2, 0.25) is 0 Å². The van der Waals surface area contributed by atoms with Crippen LogP contribution in [0.25, 0.3) is 0 Å². The van der Waals surface area contributed by atoms with Crippen molar-refractivity contribution in [1.82, 2.24) is 5.32 Å². The molecule has 2 heteroatoms. The van der Waals surface area contributed by atoms with E-state index in [-0.39, 0.29) is 5.41 Å². The highest BCUT2D eigenvalue weighted by atomic mass is 32.2. The van der Waals surface area contributed by atoms with Gasteiger partial charge in [-0.2, -0.15) is 0 Å². The van der Waals surface area contributed by atoms with Crippen molar-refractivity contribution >= 4 is 11.8 Å². The van der Waals surface area contributed by atoms with Crippen LogP contribution in [0.1, 0.15) is 59.4 Å². The normalized spacial score (nSPS) is 13.4. The molecule has 1 atom stereocenters. The zero-order valence-corrected chi connectivity index (χ0v) is 14.6. The molecule has 0 spiro atoms. The first-order valence-electron chi connectivity index (χ1n) is 7.90. The molecule has 1 N–H and O–H groups in total. The zero-order valence-electron chi connectivity index (χ0n) is 13.8. The standard InChI is InChI=1S/C18H31NS/c1-6-19-15(2)9-7-8-14-20-17-12-10-16(11-13-17)18(3,4)5/h10-13,15,19H,6-9,14H2,1-5H3. The predicted molar refractivity (Wildman–Crippen MR) is 92.9 cm³/mol. The van der Waals surface area contributed by atoms with Crippen molar-refractivity contribution in [3.63, 3.8) is 0 Å². The van der Waals surface area contributed by atoms with E-state index >= 15 is 0 Å². The number of unbranched alkanes of at least 4 members (excludes halogenated alkanes) is 1. The molecule has 1 rings (SSSR count). The zero-order chi connectivity index (χ0) is 15.0. The lowest BCUT2D eigenvalue weighted by Crippen LogP contribution is -2.25. The fourth-order valence-electron chi connectivity index (χ4n) is 2.24. The lowest BCUT2D eigenvalue weighted by Gasteiger charge is -2.19. The van der Waals surface area contributed by atoms with Crippen LogP contribution in [-0.2, 0) is 5.41 Å². The molecule has 0 bridgehead atoms. The average Bonchev–Trinajstić information content (AvgIpc) is 2.38. The molecule has 114 valence electrons. The molecule has 1 nitrogen and oxygen atoms in total. The third-order valence-electron chi connectivity index (χ3n) is 3.57. The van der Waals surface area contributed by atoms with E-state index in [1.165, 1.54) is 35.5 Å². The highest BCUT2D eigenvalue weighted by Crippen LogP contribution is 2.26. The van der Waals surface area contributed by atoms with E-state index in [1.807, 2.05) is 11.8 Å². The third-order valence-corrected chi connectivity index (χ3v) is 4.67. The van der Waals surface area contributed by atoms with Crippen molar-refractivity contribution in [3.8, 4) is 0 Å². The van der Waals surface area contributed by atoms with Crippen molar-refractivity contribution in [1.29, 1.82) is 0 Å². The fourth-order valence-corrected chi connectivity index (χ4v) is 3.16. The minimum absolute atomic E-state index is 0.256. The number of rotatable bonds is 8. The number of hydrogen-bond acceptors (Lipinski definition) is 2. The molecule has 0 aliphatic rings. The predicted octanol–water partition coefficient (Wildman–Crippen LogP) is 5.24. The van der Waals surface area contributed by atoms with Crippen molar-refractivity contribution in [2.75, 3.05) is 12.3 Å². The largest absolute Gasteiger partial charge is 0.315 e. The summed E-state index contributed by atoms with van der Waals surface area (Å²) in [6.07, 6.45) is 3.92. The summed E-state index contributed by atoms with van der Waals surface area (Å²) < 4.78 is 0. The number of thioether (sulfide) groups is 1. The van der Waals surface area contributed by atoms with E-state index in [2.05, 4.69) is 64.2 Å². The Hall–Kier alpha value is -0.470. The Morgan fingerprint density at radius 1 is 1.10 bits per heavy atom. The summed E-state index contributed by atoms with van der Waals surface area (Å²) in [5, 5.41) is 3.47. The molecule has 0 fully saturated rings. The lowest BCUT2D eigenvalue weighted by atomic mass is 9.87. The van der Waals surface area contributed by atoms with Crippen LogP contribution in [0.15, 0.2) is 29.2 Å². The topological polar surface area (TPSA) is 12.0 Å². The first-order chi connectivity index (χ1) is 9.43. The van der Waals surface area contributed by atoms with Crippen LogP contribution >= 0.6 is 11.8 Å². The highest BCUT2D eigenvalue weighted by molar-refractivity contribution is 7.99. The van der Waals surface area contributed by atoms with Crippen molar-refractivity contribution in [3.05, 3.63) is 29.8 Å². The average molecular weight is 294 g/mol. The molecule has 0 aliphatic carbocycles. The summed E-state index contributed by atoms with van der Waals surface area (Å²) >= 11 is 1.98.